The van der Waals surface area contributed by atoms with E-state index in [4.69, 9.17) is 0 Å². The molecule has 0 radical (unpaired) electrons. The molecule has 0 bridgehead atoms. The minimum atomic E-state index is -2.45. The Bertz CT molecular complexity index is 186. The zero-order valence-electron chi connectivity index (χ0n) is 8.57. The molecule has 1 aliphatic carbocycles. The van der Waals surface area contributed by atoms with E-state index < -0.39 is 5.92 Å². The van der Waals surface area contributed by atoms with Crippen molar-refractivity contribution >= 4 is 0 Å². The van der Waals surface area contributed by atoms with Crippen molar-refractivity contribution in [2.24, 2.45) is 11.8 Å². The second-order valence-corrected chi connectivity index (χ2v) is 4.75. The van der Waals surface area contributed by atoms with E-state index in [1.807, 2.05) is 0 Å². The number of alkyl halides is 2. The molecule has 0 aromatic carbocycles. The molecule has 1 nitrogen and oxygen atoms in total. The molecule has 1 saturated heterocycles. The van der Waals surface area contributed by atoms with Crippen LogP contribution in [0, 0.1) is 11.8 Å². The second-order valence-electron chi connectivity index (χ2n) is 4.75. The average Bonchev–Trinajstić information content (AvgIpc) is 2.41. The zero-order chi connectivity index (χ0) is 10.0. The summed E-state index contributed by atoms with van der Waals surface area (Å²) in [5.41, 5.74) is 0. The first kappa shape index (κ1) is 10.3. The molecule has 0 aromatic heterocycles. The summed E-state index contributed by atoms with van der Waals surface area (Å²) < 4.78 is 26.9. The standard InChI is InChI=1S/C11H19F2N/c12-11(13)8-14-7-10(11)9-5-3-1-2-4-6-9/h9-10,14H,1-8H2. The van der Waals surface area contributed by atoms with E-state index in [0.29, 0.717) is 6.54 Å². The Morgan fingerprint density at radius 2 is 1.64 bits per heavy atom. The topological polar surface area (TPSA) is 12.0 Å². The van der Waals surface area contributed by atoms with E-state index in [9.17, 15) is 8.78 Å². The number of halogens is 2. The molecule has 1 heterocycles. The second kappa shape index (κ2) is 4.13. The molecule has 2 fully saturated rings. The summed E-state index contributed by atoms with van der Waals surface area (Å²) in [6, 6.07) is 0. The molecule has 2 rings (SSSR count). The van der Waals surface area contributed by atoms with Gasteiger partial charge in [-0.1, -0.05) is 25.7 Å². The van der Waals surface area contributed by atoms with Gasteiger partial charge in [-0.2, -0.15) is 0 Å². The Kier molecular flexibility index (Phi) is 3.05. The zero-order valence-corrected chi connectivity index (χ0v) is 8.57. The largest absolute Gasteiger partial charge is 0.311 e. The Hall–Kier alpha value is -0.180. The molecule has 1 saturated carbocycles. The lowest BCUT2D eigenvalue weighted by Crippen LogP contribution is -2.32. The van der Waals surface area contributed by atoms with E-state index in [1.165, 1.54) is 12.8 Å². The molecule has 1 N–H and O–H groups in total. The quantitative estimate of drug-likeness (QED) is 0.646. The van der Waals surface area contributed by atoms with Crippen molar-refractivity contribution < 1.29 is 8.78 Å². The summed E-state index contributed by atoms with van der Waals surface area (Å²) in [7, 11) is 0. The fourth-order valence-electron chi connectivity index (χ4n) is 2.90. The van der Waals surface area contributed by atoms with E-state index in [1.54, 1.807) is 0 Å². The Morgan fingerprint density at radius 1 is 1.00 bits per heavy atom. The van der Waals surface area contributed by atoms with Crippen molar-refractivity contribution in [3.63, 3.8) is 0 Å². The number of nitrogens with one attached hydrogen (secondary N) is 1. The van der Waals surface area contributed by atoms with Crippen LogP contribution < -0.4 is 5.32 Å². The van der Waals surface area contributed by atoms with Gasteiger partial charge < -0.3 is 5.32 Å². The van der Waals surface area contributed by atoms with Crippen molar-refractivity contribution in [3.8, 4) is 0 Å². The minimum Gasteiger partial charge on any atom is -0.311 e. The molecule has 1 atom stereocenters. The normalized spacial score (nSPS) is 34.3. The Morgan fingerprint density at radius 3 is 2.14 bits per heavy atom. The van der Waals surface area contributed by atoms with Gasteiger partial charge in [-0.15, -0.1) is 0 Å². The van der Waals surface area contributed by atoms with Crippen LogP contribution in [0.2, 0.25) is 0 Å². The summed E-state index contributed by atoms with van der Waals surface area (Å²) in [6.45, 7) is 0.422. The summed E-state index contributed by atoms with van der Waals surface area (Å²) >= 11 is 0. The van der Waals surface area contributed by atoms with Crippen molar-refractivity contribution in [1.82, 2.24) is 5.32 Å². The monoisotopic (exact) mass is 203 g/mol. The van der Waals surface area contributed by atoms with Crippen LogP contribution >= 0.6 is 0 Å². The van der Waals surface area contributed by atoms with Gasteiger partial charge in [-0.05, 0) is 18.8 Å². The molecule has 1 aliphatic heterocycles. The molecule has 3 heteroatoms. The maximum absolute atomic E-state index is 13.5. The predicted molar refractivity (Wildman–Crippen MR) is 52.5 cm³/mol. The van der Waals surface area contributed by atoms with Gasteiger partial charge in [0.05, 0.1) is 6.54 Å². The maximum Gasteiger partial charge on any atom is 0.264 e. The van der Waals surface area contributed by atoms with Gasteiger partial charge in [0.2, 0.25) is 0 Å². The van der Waals surface area contributed by atoms with Gasteiger partial charge in [0.15, 0.2) is 0 Å². The third kappa shape index (κ3) is 2.08. The minimum absolute atomic E-state index is 0.103. The predicted octanol–water partition coefficient (Wildman–Crippen LogP) is 2.81. The van der Waals surface area contributed by atoms with E-state index in [0.717, 1.165) is 25.7 Å². The van der Waals surface area contributed by atoms with Gasteiger partial charge in [-0.3, -0.25) is 0 Å². The molecule has 2 aliphatic rings. The van der Waals surface area contributed by atoms with Crippen LogP contribution in [0.5, 0.6) is 0 Å². The summed E-state index contributed by atoms with van der Waals surface area (Å²) in [4.78, 5) is 0. The van der Waals surface area contributed by atoms with E-state index >= 15 is 0 Å². The van der Waals surface area contributed by atoms with Gasteiger partial charge in [-0.25, -0.2) is 8.78 Å². The van der Waals surface area contributed by atoms with Crippen LogP contribution in [0.15, 0.2) is 0 Å². The highest BCUT2D eigenvalue weighted by molar-refractivity contribution is 4.92. The Balaban J connectivity index is 1.98. The molecular weight excluding hydrogens is 184 g/mol. The lowest BCUT2D eigenvalue weighted by atomic mass is 9.83. The third-order valence-electron chi connectivity index (χ3n) is 3.74. The molecular formula is C11H19F2N. The van der Waals surface area contributed by atoms with Crippen molar-refractivity contribution in [2.45, 2.75) is 44.4 Å². The smallest absolute Gasteiger partial charge is 0.264 e. The third-order valence-corrected chi connectivity index (χ3v) is 3.74. The SMILES string of the molecule is FC1(F)CNCC1C1CCCCCC1. The molecule has 14 heavy (non-hydrogen) atoms. The lowest BCUT2D eigenvalue weighted by Gasteiger charge is -2.26. The molecule has 82 valence electrons. The number of hydrogen-bond donors (Lipinski definition) is 1. The van der Waals surface area contributed by atoms with Gasteiger partial charge in [0.1, 0.15) is 0 Å². The highest BCUT2D eigenvalue weighted by Gasteiger charge is 2.47. The van der Waals surface area contributed by atoms with Gasteiger partial charge in [0, 0.05) is 12.5 Å². The van der Waals surface area contributed by atoms with Crippen molar-refractivity contribution in [1.29, 1.82) is 0 Å². The van der Waals surface area contributed by atoms with Gasteiger partial charge in [0.25, 0.3) is 5.92 Å². The fraction of sp³-hybridized carbons (Fsp3) is 1.00. The van der Waals surface area contributed by atoms with Gasteiger partial charge >= 0.3 is 0 Å². The number of rotatable bonds is 1. The molecule has 0 aromatic rings. The lowest BCUT2D eigenvalue weighted by molar-refractivity contribution is -0.0455. The molecule has 0 amide bonds. The van der Waals surface area contributed by atoms with Crippen LogP contribution in [0.25, 0.3) is 0 Å². The first-order chi connectivity index (χ1) is 6.70. The van der Waals surface area contributed by atoms with Crippen LogP contribution in [-0.2, 0) is 0 Å². The van der Waals surface area contributed by atoms with Crippen LogP contribution in [0.1, 0.15) is 38.5 Å². The first-order valence-corrected chi connectivity index (χ1v) is 5.79. The average molecular weight is 203 g/mol. The molecule has 0 spiro atoms. The van der Waals surface area contributed by atoms with Crippen LogP contribution in [0.4, 0.5) is 8.78 Å². The number of hydrogen-bond acceptors (Lipinski definition) is 1. The van der Waals surface area contributed by atoms with E-state index in [-0.39, 0.29) is 18.4 Å². The first-order valence-electron chi connectivity index (χ1n) is 5.79. The highest BCUT2D eigenvalue weighted by Crippen LogP contribution is 2.39. The summed E-state index contributed by atoms with van der Waals surface area (Å²) in [5.74, 6) is -2.57. The highest BCUT2D eigenvalue weighted by atomic mass is 19.3. The molecule has 1 unspecified atom stereocenters. The van der Waals surface area contributed by atoms with Crippen molar-refractivity contribution in [2.75, 3.05) is 13.1 Å². The summed E-state index contributed by atoms with van der Waals surface area (Å²) in [6.07, 6.45) is 6.81. The van der Waals surface area contributed by atoms with Crippen LogP contribution in [-0.4, -0.2) is 19.0 Å². The summed E-state index contributed by atoms with van der Waals surface area (Å²) in [5, 5.41) is 2.83. The Labute approximate surface area is 84.3 Å². The van der Waals surface area contributed by atoms with E-state index in [2.05, 4.69) is 5.32 Å². The maximum atomic E-state index is 13.5. The van der Waals surface area contributed by atoms with Crippen molar-refractivity contribution in [3.05, 3.63) is 0 Å². The fourth-order valence-corrected chi connectivity index (χ4v) is 2.90. The van der Waals surface area contributed by atoms with Crippen LogP contribution in [0.3, 0.4) is 0 Å².